The Bertz CT molecular complexity index is 256. The van der Waals surface area contributed by atoms with Crippen molar-refractivity contribution in [3.05, 3.63) is 0 Å². The van der Waals surface area contributed by atoms with E-state index < -0.39 is 0 Å². The van der Waals surface area contributed by atoms with E-state index in [9.17, 15) is 4.79 Å². The van der Waals surface area contributed by atoms with Crippen LogP contribution in [0.25, 0.3) is 0 Å². The number of carbonyl (C=O) groups excluding carboxylic acids is 1. The molecule has 2 heterocycles. The summed E-state index contributed by atoms with van der Waals surface area (Å²) in [5.41, 5.74) is 0.349. The minimum Gasteiger partial charge on any atom is -0.339 e. The smallest absolute Gasteiger partial charge is 0.225 e. The molecule has 0 aromatic rings. The quantitative estimate of drug-likeness (QED) is 0.581. The summed E-state index contributed by atoms with van der Waals surface area (Å²) in [7, 11) is 2.00. The SMILES string of the molecule is CN1C(=O)C2CCC1(C(C)(C)C)CC2. The van der Waals surface area contributed by atoms with Crippen LogP contribution in [0.2, 0.25) is 0 Å². The van der Waals surface area contributed by atoms with Gasteiger partial charge < -0.3 is 4.90 Å². The first-order valence-electron chi connectivity index (χ1n) is 5.66. The Balaban J connectivity index is 2.38. The number of amides is 1. The zero-order chi connectivity index (χ0) is 10.6. The van der Waals surface area contributed by atoms with Gasteiger partial charge in [0.25, 0.3) is 0 Å². The first-order chi connectivity index (χ1) is 6.38. The second-order valence-corrected chi connectivity index (χ2v) is 5.95. The molecule has 3 aliphatic rings. The highest BCUT2D eigenvalue weighted by atomic mass is 16.2. The van der Waals surface area contributed by atoms with E-state index in [0.717, 1.165) is 12.8 Å². The fourth-order valence-corrected chi connectivity index (χ4v) is 3.42. The van der Waals surface area contributed by atoms with Crippen LogP contribution >= 0.6 is 0 Å². The van der Waals surface area contributed by atoms with Gasteiger partial charge in [0.1, 0.15) is 0 Å². The molecule has 2 aliphatic heterocycles. The van der Waals surface area contributed by atoms with E-state index in [1.165, 1.54) is 12.8 Å². The molecule has 2 bridgehead atoms. The summed E-state index contributed by atoms with van der Waals surface area (Å²) in [4.78, 5) is 14.0. The average Bonchev–Trinajstić information content (AvgIpc) is 2.12. The molecule has 2 saturated heterocycles. The van der Waals surface area contributed by atoms with Gasteiger partial charge >= 0.3 is 0 Å². The van der Waals surface area contributed by atoms with Gasteiger partial charge in [-0.05, 0) is 31.1 Å². The lowest BCUT2D eigenvalue weighted by atomic mass is 9.59. The molecule has 0 aromatic heterocycles. The monoisotopic (exact) mass is 195 g/mol. The minimum absolute atomic E-state index is 0.138. The summed E-state index contributed by atoms with van der Waals surface area (Å²) in [5.74, 6) is 0.724. The Hall–Kier alpha value is -0.530. The zero-order valence-corrected chi connectivity index (χ0v) is 9.76. The minimum atomic E-state index is 0.138. The van der Waals surface area contributed by atoms with Gasteiger partial charge in [-0.15, -0.1) is 0 Å². The molecular formula is C12H21NO. The third-order valence-corrected chi connectivity index (χ3v) is 4.53. The maximum Gasteiger partial charge on any atom is 0.225 e. The van der Waals surface area contributed by atoms with Crippen LogP contribution < -0.4 is 0 Å². The summed E-state index contributed by atoms with van der Waals surface area (Å²) in [5, 5.41) is 0. The van der Waals surface area contributed by atoms with Crippen LogP contribution in [-0.2, 0) is 4.79 Å². The maximum atomic E-state index is 12.0. The van der Waals surface area contributed by atoms with E-state index in [2.05, 4.69) is 20.8 Å². The Morgan fingerprint density at radius 3 is 2.14 bits per heavy atom. The first kappa shape index (κ1) is 10.0. The Labute approximate surface area is 86.7 Å². The molecule has 0 spiro atoms. The van der Waals surface area contributed by atoms with Gasteiger partial charge in [0.05, 0.1) is 0 Å². The van der Waals surface area contributed by atoms with Gasteiger partial charge in [-0.2, -0.15) is 0 Å². The lowest BCUT2D eigenvalue weighted by Gasteiger charge is -2.59. The van der Waals surface area contributed by atoms with E-state index in [4.69, 9.17) is 0 Å². The third-order valence-electron chi connectivity index (χ3n) is 4.53. The number of hydrogen-bond donors (Lipinski definition) is 0. The normalized spacial score (nSPS) is 37.9. The van der Waals surface area contributed by atoms with Gasteiger partial charge in [-0.1, -0.05) is 20.8 Å². The number of fused-ring (bicyclic) bond motifs is 3. The maximum absolute atomic E-state index is 12.0. The van der Waals surface area contributed by atoms with Crippen LogP contribution in [0, 0.1) is 11.3 Å². The van der Waals surface area contributed by atoms with Crippen LogP contribution in [0.3, 0.4) is 0 Å². The van der Waals surface area contributed by atoms with E-state index >= 15 is 0 Å². The molecule has 0 atom stereocenters. The van der Waals surface area contributed by atoms with Gasteiger partial charge in [0.2, 0.25) is 5.91 Å². The molecule has 0 N–H and O–H groups in total. The van der Waals surface area contributed by atoms with Crippen molar-refractivity contribution in [3.8, 4) is 0 Å². The second-order valence-electron chi connectivity index (χ2n) is 5.95. The van der Waals surface area contributed by atoms with Crippen LogP contribution in [-0.4, -0.2) is 23.4 Å². The molecular weight excluding hydrogens is 174 g/mol. The summed E-state index contributed by atoms with van der Waals surface area (Å²) in [6, 6.07) is 0. The molecule has 3 rings (SSSR count). The summed E-state index contributed by atoms with van der Waals surface area (Å²) < 4.78 is 0. The standard InChI is InChI=1S/C12H21NO/c1-11(2,3)12-7-5-9(6-8-12)10(14)13(12)4/h9H,5-8H2,1-4H3. The Morgan fingerprint density at radius 1 is 1.29 bits per heavy atom. The van der Waals surface area contributed by atoms with Crippen molar-refractivity contribution in [1.29, 1.82) is 0 Å². The zero-order valence-electron chi connectivity index (χ0n) is 9.76. The van der Waals surface area contributed by atoms with Crippen molar-refractivity contribution < 1.29 is 4.79 Å². The van der Waals surface area contributed by atoms with Crippen LogP contribution in [0.1, 0.15) is 46.5 Å². The molecule has 3 fully saturated rings. The molecule has 1 aliphatic carbocycles. The topological polar surface area (TPSA) is 20.3 Å². The Kier molecular flexibility index (Phi) is 1.96. The summed E-state index contributed by atoms with van der Waals surface area (Å²) >= 11 is 0. The van der Waals surface area contributed by atoms with E-state index in [1.807, 2.05) is 11.9 Å². The fraction of sp³-hybridized carbons (Fsp3) is 0.917. The van der Waals surface area contributed by atoms with E-state index in [-0.39, 0.29) is 11.0 Å². The third kappa shape index (κ3) is 1.06. The molecule has 1 amide bonds. The van der Waals surface area contributed by atoms with Gasteiger partial charge in [0, 0.05) is 18.5 Å². The number of piperidine rings is 2. The highest BCUT2D eigenvalue weighted by molar-refractivity contribution is 5.81. The van der Waals surface area contributed by atoms with Gasteiger partial charge in [-0.25, -0.2) is 0 Å². The predicted octanol–water partition coefficient (Wildman–Crippen LogP) is 2.43. The summed E-state index contributed by atoms with van der Waals surface area (Å²) in [6.45, 7) is 6.80. The van der Waals surface area contributed by atoms with Gasteiger partial charge in [0.15, 0.2) is 0 Å². The van der Waals surface area contributed by atoms with E-state index in [0.29, 0.717) is 11.8 Å². The molecule has 80 valence electrons. The molecule has 0 radical (unpaired) electrons. The second kappa shape index (κ2) is 2.74. The molecule has 0 aromatic carbocycles. The van der Waals surface area contributed by atoms with Crippen LogP contribution in [0.15, 0.2) is 0 Å². The fourth-order valence-electron chi connectivity index (χ4n) is 3.42. The predicted molar refractivity (Wildman–Crippen MR) is 56.9 cm³/mol. The summed E-state index contributed by atoms with van der Waals surface area (Å²) in [6.07, 6.45) is 4.62. The van der Waals surface area contributed by atoms with Crippen molar-refractivity contribution in [2.24, 2.45) is 11.3 Å². The molecule has 2 nitrogen and oxygen atoms in total. The van der Waals surface area contributed by atoms with Crippen molar-refractivity contribution in [3.63, 3.8) is 0 Å². The highest BCUT2D eigenvalue weighted by Crippen LogP contribution is 2.51. The first-order valence-corrected chi connectivity index (χ1v) is 5.66. The molecule has 0 unspecified atom stereocenters. The number of carbonyl (C=O) groups is 1. The number of hydrogen-bond acceptors (Lipinski definition) is 1. The van der Waals surface area contributed by atoms with Crippen LogP contribution in [0.4, 0.5) is 0 Å². The number of nitrogens with zero attached hydrogens (tertiary/aromatic N) is 1. The lowest BCUT2D eigenvalue weighted by molar-refractivity contribution is -0.163. The number of rotatable bonds is 0. The van der Waals surface area contributed by atoms with E-state index in [1.54, 1.807) is 0 Å². The van der Waals surface area contributed by atoms with Gasteiger partial charge in [-0.3, -0.25) is 4.79 Å². The largest absolute Gasteiger partial charge is 0.339 e. The molecule has 1 saturated carbocycles. The van der Waals surface area contributed by atoms with Crippen molar-refractivity contribution in [2.75, 3.05) is 7.05 Å². The van der Waals surface area contributed by atoms with Crippen molar-refractivity contribution >= 4 is 5.91 Å². The van der Waals surface area contributed by atoms with Crippen LogP contribution in [0.5, 0.6) is 0 Å². The average molecular weight is 195 g/mol. The van der Waals surface area contributed by atoms with Crippen molar-refractivity contribution in [2.45, 2.75) is 52.0 Å². The molecule has 14 heavy (non-hydrogen) atoms. The Morgan fingerprint density at radius 2 is 1.79 bits per heavy atom. The highest BCUT2D eigenvalue weighted by Gasteiger charge is 2.54. The van der Waals surface area contributed by atoms with Crippen molar-refractivity contribution in [1.82, 2.24) is 4.90 Å². The lowest BCUT2D eigenvalue weighted by Crippen LogP contribution is -2.65. The molecule has 2 heteroatoms.